The molecule has 24 heavy (non-hydrogen) atoms. The van der Waals surface area contributed by atoms with E-state index in [4.69, 9.17) is 4.74 Å². The van der Waals surface area contributed by atoms with Crippen LogP contribution in [0.3, 0.4) is 0 Å². The van der Waals surface area contributed by atoms with E-state index in [0.29, 0.717) is 17.6 Å². The number of ether oxygens (including phenoxy) is 1. The van der Waals surface area contributed by atoms with Crippen molar-refractivity contribution in [2.24, 2.45) is 0 Å². The van der Waals surface area contributed by atoms with Gasteiger partial charge in [0.2, 0.25) is 21.1 Å². The third-order valence-electron chi connectivity index (χ3n) is 3.37. The maximum Gasteiger partial charge on any atom is 0.226 e. The molecule has 0 bridgehead atoms. The predicted octanol–water partition coefficient (Wildman–Crippen LogP) is 2.04. The van der Waals surface area contributed by atoms with Gasteiger partial charge in [-0.25, -0.2) is 22.2 Å². The quantitative estimate of drug-likeness (QED) is 0.729. The van der Waals surface area contributed by atoms with Crippen LogP contribution in [0.4, 0.5) is 8.78 Å². The number of sulfone groups is 1. The van der Waals surface area contributed by atoms with Crippen LogP contribution in [-0.4, -0.2) is 25.5 Å². The van der Waals surface area contributed by atoms with Gasteiger partial charge in [-0.15, -0.1) is 0 Å². The summed E-state index contributed by atoms with van der Waals surface area (Å²) in [4.78, 5) is 17.9. The number of hydrogen-bond acceptors (Lipinski definition) is 5. The second kappa shape index (κ2) is 5.68. The minimum Gasteiger partial charge on any atom is -0.481 e. The zero-order chi connectivity index (χ0) is 17.5. The largest absolute Gasteiger partial charge is 0.481 e. The van der Waals surface area contributed by atoms with E-state index in [-0.39, 0.29) is 11.4 Å². The SMILES string of the molecule is COc1ccc2[nH]cc(S(=O)(=O)c3ccc(F)c(F)c3)c(=O)c2n1. The molecule has 3 aromatic rings. The van der Waals surface area contributed by atoms with Crippen LogP contribution in [0.25, 0.3) is 11.0 Å². The van der Waals surface area contributed by atoms with Crippen LogP contribution in [0.1, 0.15) is 0 Å². The van der Waals surface area contributed by atoms with Crippen LogP contribution in [0.5, 0.6) is 5.88 Å². The van der Waals surface area contributed by atoms with Gasteiger partial charge in [-0.2, -0.15) is 0 Å². The number of rotatable bonds is 3. The van der Waals surface area contributed by atoms with Crippen molar-refractivity contribution in [3.8, 4) is 5.88 Å². The van der Waals surface area contributed by atoms with Crippen molar-refractivity contribution in [3.05, 3.63) is 58.4 Å². The van der Waals surface area contributed by atoms with E-state index in [9.17, 15) is 22.0 Å². The van der Waals surface area contributed by atoms with Crippen molar-refractivity contribution >= 4 is 20.9 Å². The highest BCUT2D eigenvalue weighted by molar-refractivity contribution is 7.91. The molecule has 0 atom stereocenters. The lowest BCUT2D eigenvalue weighted by Gasteiger charge is -2.06. The van der Waals surface area contributed by atoms with Crippen LogP contribution in [0.15, 0.2) is 51.1 Å². The minimum absolute atomic E-state index is 0.135. The number of halogens is 2. The monoisotopic (exact) mass is 352 g/mol. The minimum atomic E-state index is -4.35. The van der Waals surface area contributed by atoms with Crippen molar-refractivity contribution < 1.29 is 21.9 Å². The Labute approximate surface area is 134 Å². The summed E-state index contributed by atoms with van der Waals surface area (Å²) in [5.74, 6) is -2.38. The third-order valence-corrected chi connectivity index (χ3v) is 5.12. The lowest BCUT2D eigenvalue weighted by molar-refractivity contribution is 0.399. The zero-order valence-corrected chi connectivity index (χ0v) is 13.0. The number of aromatic amines is 1. The van der Waals surface area contributed by atoms with Gasteiger partial charge in [0, 0.05) is 12.3 Å². The van der Waals surface area contributed by atoms with Crippen LogP contribution in [0, 0.1) is 11.6 Å². The van der Waals surface area contributed by atoms with E-state index >= 15 is 0 Å². The van der Waals surface area contributed by atoms with Crippen LogP contribution < -0.4 is 10.2 Å². The average molecular weight is 352 g/mol. The predicted molar refractivity (Wildman–Crippen MR) is 80.7 cm³/mol. The molecule has 0 saturated heterocycles. The Bertz CT molecular complexity index is 1110. The number of pyridine rings is 2. The zero-order valence-electron chi connectivity index (χ0n) is 12.2. The fourth-order valence-corrected chi connectivity index (χ4v) is 3.46. The number of nitrogens with one attached hydrogen (secondary N) is 1. The van der Waals surface area contributed by atoms with Gasteiger partial charge in [0.25, 0.3) is 0 Å². The van der Waals surface area contributed by atoms with Crippen molar-refractivity contribution in [1.29, 1.82) is 0 Å². The standard InChI is InChI=1S/C15H10F2N2O4S/c1-23-13-5-4-11-14(19-13)15(20)12(7-18-11)24(21,22)8-2-3-9(16)10(17)6-8/h2-7H,1H3,(H,18,20). The maximum absolute atomic E-state index is 13.3. The molecule has 0 amide bonds. The second-order valence-electron chi connectivity index (χ2n) is 4.81. The molecule has 2 heterocycles. The molecule has 9 heteroatoms. The number of methoxy groups -OCH3 is 1. The Morgan fingerprint density at radius 1 is 1.12 bits per heavy atom. The molecule has 6 nitrogen and oxygen atoms in total. The molecule has 0 fully saturated rings. The molecule has 3 rings (SSSR count). The molecular weight excluding hydrogens is 342 g/mol. The summed E-state index contributed by atoms with van der Waals surface area (Å²) in [6, 6.07) is 5.10. The lowest BCUT2D eigenvalue weighted by Crippen LogP contribution is -2.17. The molecule has 2 aromatic heterocycles. The van der Waals surface area contributed by atoms with Crippen LogP contribution in [-0.2, 0) is 9.84 Å². The Morgan fingerprint density at radius 2 is 1.88 bits per heavy atom. The highest BCUT2D eigenvalue weighted by Crippen LogP contribution is 2.21. The van der Waals surface area contributed by atoms with E-state index in [0.717, 1.165) is 12.3 Å². The van der Waals surface area contributed by atoms with E-state index < -0.39 is 36.7 Å². The second-order valence-corrected chi connectivity index (χ2v) is 6.73. The molecule has 0 unspecified atom stereocenters. The van der Waals surface area contributed by atoms with E-state index in [1.807, 2.05) is 0 Å². The first-order valence-corrected chi connectivity index (χ1v) is 8.09. The Balaban J connectivity index is 2.26. The van der Waals surface area contributed by atoms with Gasteiger partial charge >= 0.3 is 0 Å². The highest BCUT2D eigenvalue weighted by atomic mass is 32.2. The lowest BCUT2D eigenvalue weighted by atomic mass is 10.3. The molecule has 0 aliphatic rings. The van der Waals surface area contributed by atoms with Crippen molar-refractivity contribution in [3.63, 3.8) is 0 Å². The Kier molecular flexibility index (Phi) is 3.80. The maximum atomic E-state index is 13.3. The average Bonchev–Trinajstić information content (AvgIpc) is 2.57. The van der Waals surface area contributed by atoms with Gasteiger partial charge in [-0.3, -0.25) is 4.79 Å². The Hall–Kier alpha value is -2.81. The molecule has 0 radical (unpaired) electrons. The van der Waals surface area contributed by atoms with Crippen molar-refractivity contribution in [1.82, 2.24) is 9.97 Å². The number of fused-ring (bicyclic) bond motifs is 1. The summed E-state index contributed by atoms with van der Waals surface area (Å²) in [6.07, 6.45) is 0.995. The molecule has 1 aromatic carbocycles. The number of aromatic nitrogens is 2. The van der Waals surface area contributed by atoms with Gasteiger partial charge in [0.1, 0.15) is 10.4 Å². The summed E-state index contributed by atoms with van der Waals surface area (Å²) in [6.45, 7) is 0. The van der Waals surface area contributed by atoms with Gasteiger partial charge in [-0.05, 0) is 24.3 Å². The van der Waals surface area contributed by atoms with Crippen LogP contribution >= 0.6 is 0 Å². The fourth-order valence-electron chi connectivity index (χ4n) is 2.14. The Morgan fingerprint density at radius 3 is 2.54 bits per heavy atom. The summed E-state index contributed by atoms with van der Waals surface area (Å²) in [5, 5.41) is 0. The molecular formula is C15H10F2N2O4S. The first-order valence-electron chi connectivity index (χ1n) is 6.61. The number of benzene rings is 1. The van der Waals surface area contributed by atoms with Gasteiger partial charge in [0.05, 0.1) is 17.5 Å². The van der Waals surface area contributed by atoms with Gasteiger partial charge < -0.3 is 9.72 Å². The van der Waals surface area contributed by atoms with E-state index in [2.05, 4.69) is 9.97 Å². The van der Waals surface area contributed by atoms with Gasteiger partial charge in [-0.1, -0.05) is 0 Å². The number of H-pyrrole nitrogens is 1. The summed E-state index contributed by atoms with van der Waals surface area (Å²) >= 11 is 0. The number of nitrogens with zero attached hydrogens (tertiary/aromatic N) is 1. The van der Waals surface area contributed by atoms with Crippen molar-refractivity contribution in [2.75, 3.05) is 7.11 Å². The third kappa shape index (κ3) is 2.52. The summed E-state index contributed by atoms with van der Waals surface area (Å²) in [5.41, 5.74) is -0.699. The van der Waals surface area contributed by atoms with E-state index in [1.54, 1.807) is 0 Å². The molecule has 0 aliphatic carbocycles. The van der Waals surface area contributed by atoms with Gasteiger partial charge in [0.15, 0.2) is 11.6 Å². The first-order chi connectivity index (χ1) is 11.3. The molecule has 0 spiro atoms. The number of hydrogen-bond donors (Lipinski definition) is 1. The molecule has 0 saturated carbocycles. The molecule has 0 aliphatic heterocycles. The van der Waals surface area contributed by atoms with Crippen molar-refractivity contribution in [2.45, 2.75) is 9.79 Å². The summed E-state index contributed by atoms with van der Waals surface area (Å²) in [7, 11) is -3.00. The molecule has 124 valence electrons. The summed E-state index contributed by atoms with van der Waals surface area (Å²) < 4.78 is 56.3. The first kappa shape index (κ1) is 16.1. The normalized spacial score (nSPS) is 11.6. The highest BCUT2D eigenvalue weighted by Gasteiger charge is 2.24. The van der Waals surface area contributed by atoms with E-state index in [1.165, 1.54) is 19.2 Å². The van der Waals surface area contributed by atoms with Crippen LogP contribution in [0.2, 0.25) is 0 Å². The topological polar surface area (TPSA) is 89.1 Å². The fraction of sp³-hybridized carbons (Fsp3) is 0.0667. The molecule has 1 N–H and O–H groups in total. The smallest absolute Gasteiger partial charge is 0.226 e.